The molecule has 3 aliphatic rings. The molecule has 0 aromatic heterocycles. The Labute approximate surface area is 401 Å². The summed E-state index contributed by atoms with van der Waals surface area (Å²) in [7, 11) is 1.25. The van der Waals surface area contributed by atoms with Crippen molar-refractivity contribution < 1.29 is 43.2 Å². The molecule has 3 fully saturated rings. The van der Waals surface area contributed by atoms with Crippen LogP contribution in [0.2, 0.25) is 0 Å². The quantitative estimate of drug-likeness (QED) is 0.0220. The van der Waals surface area contributed by atoms with Crippen LogP contribution in [0.1, 0.15) is 83.9 Å². The lowest BCUT2D eigenvalue weighted by atomic mass is 9.88. The largest absolute Gasteiger partial charge is 0.507 e. The first-order chi connectivity index (χ1) is 31.8. The standard InChI is InChI=1S/C31H43N7O5S.C10H18FNO.C6H11NO.CH4O/c1-22(32)30(44)23-6-7-24(20-36-21-39)29(18-23)43-17-16-42-15-14-41-13-12-37-8-10-38(11-9-37)27(31(34)35)19-26(33)25-4-2-3-5-28(25)40;1-7(9(2,3)4)12-8(13)10(11)5-6-10;1-6-3-2-4-7(6)5-8;1-2/h2-7,18-19,21,33,40,44H,8-17,20,32H2,1H3,(H3,34,35)(H,36,39);7H,5-6H2,1-4H3,(H,12,13);5-6H,2-4H2,1H3;2H,1H3/p+1/b27-19+,30-22-,33-26?;;;. The number of hydrogen-bond donors (Lipinski definition) is 8. The number of nitrogens with zero attached hydrogens (tertiary/aromatic N) is 3. The number of piperazine rings is 1. The number of hydrogen-bond acceptors (Lipinski definition) is 13. The molecule has 2 aliphatic heterocycles. The van der Waals surface area contributed by atoms with Crippen LogP contribution in [0.4, 0.5) is 4.39 Å². The van der Waals surface area contributed by atoms with Gasteiger partial charge in [0, 0.05) is 79.6 Å². The van der Waals surface area contributed by atoms with Crippen LogP contribution in [0.5, 0.6) is 11.5 Å². The maximum atomic E-state index is 13.2. The summed E-state index contributed by atoms with van der Waals surface area (Å²) in [5, 5.41) is 37.5. The van der Waals surface area contributed by atoms with Gasteiger partial charge in [0.15, 0.2) is 5.67 Å². The Balaban J connectivity index is 0.000000542. The molecule has 5 rings (SSSR count). The van der Waals surface area contributed by atoms with Crippen LogP contribution in [0.3, 0.4) is 0 Å². The molecule has 2 unspecified atom stereocenters. The first kappa shape index (κ1) is 57.9. The molecule has 1 aliphatic carbocycles. The van der Waals surface area contributed by atoms with Crippen molar-refractivity contribution in [3.8, 4) is 11.5 Å². The van der Waals surface area contributed by atoms with Crippen molar-refractivity contribution in [2.24, 2.45) is 16.9 Å². The topological polar surface area (TPSA) is 256 Å². The molecular formula is C48H77FN9O8S+. The third kappa shape index (κ3) is 20.3. The Morgan fingerprint density at radius 1 is 1.01 bits per heavy atom. The molecule has 0 bridgehead atoms. The van der Waals surface area contributed by atoms with Crippen molar-refractivity contribution in [1.29, 1.82) is 10.8 Å². The summed E-state index contributed by atoms with van der Waals surface area (Å²) in [5.74, 6) is 0.102. The predicted molar refractivity (Wildman–Crippen MR) is 266 cm³/mol. The number of halogens is 1. The molecule has 2 aromatic rings. The summed E-state index contributed by atoms with van der Waals surface area (Å²) in [6.07, 6.45) is 6.26. The number of alkyl halides is 1. The number of phenolic OH excluding ortho intramolecular Hbond substituents is 1. The van der Waals surface area contributed by atoms with Crippen LogP contribution in [0.25, 0.3) is 4.91 Å². The second-order valence-corrected chi connectivity index (χ2v) is 17.9. The third-order valence-electron chi connectivity index (χ3n) is 11.4. The number of carbonyl (C=O) groups is 3. The van der Waals surface area contributed by atoms with Gasteiger partial charge in [-0.1, -0.05) is 45.0 Å². The van der Waals surface area contributed by atoms with E-state index < -0.39 is 11.6 Å². The summed E-state index contributed by atoms with van der Waals surface area (Å²) in [5.41, 5.74) is 13.4. The molecule has 1 saturated carbocycles. The minimum absolute atomic E-state index is 0.00762. The number of carbonyl (C=O) groups excluding carboxylic acids is 3. The number of para-hydroxylation sites is 1. The first-order valence-corrected chi connectivity index (χ1v) is 23.1. The summed E-state index contributed by atoms with van der Waals surface area (Å²) in [6, 6.07) is 12.7. The summed E-state index contributed by atoms with van der Waals surface area (Å²) >= 11 is 4.46. The maximum Gasteiger partial charge on any atom is 0.257 e. The van der Waals surface area contributed by atoms with Gasteiger partial charge in [0.05, 0.1) is 37.8 Å². The van der Waals surface area contributed by atoms with Gasteiger partial charge < -0.3 is 61.7 Å². The van der Waals surface area contributed by atoms with E-state index in [9.17, 15) is 23.9 Å². The number of benzene rings is 2. The molecule has 11 N–H and O–H groups in total. The van der Waals surface area contributed by atoms with Gasteiger partial charge >= 0.3 is 0 Å². The van der Waals surface area contributed by atoms with Crippen molar-refractivity contribution >= 4 is 47.8 Å². The maximum absolute atomic E-state index is 13.2. The van der Waals surface area contributed by atoms with Crippen molar-refractivity contribution in [1.82, 2.24) is 25.3 Å². The highest BCUT2D eigenvalue weighted by molar-refractivity contribution is 7.90. The number of rotatable bonds is 21. The van der Waals surface area contributed by atoms with Crippen LogP contribution in [-0.4, -0.2) is 152 Å². The highest BCUT2D eigenvalue weighted by atomic mass is 32.1. The summed E-state index contributed by atoms with van der Waals surface area (Å²) in [4.78, 5) is 39.0. The molecule has 2 saturated heterocycles. The molecule has 2 aromatic carbocycles. The van der Waals surface area contributed by atoms with E-state index in [-0.39, 0.29) is 28.8 Å². The van der Waals surface area contributed by atoms with Crippen LogP contribution in [0.15, 0.2) is 59.9 Å². The lowest BCUT2D eigenvalue weighted by Crippen LogP contribution is -2.48. The second-order valence-electron chi connectivity index (χ2n) is 17.5. The Morgan fingerprint density at radius 2 is 1.64 bits per heavy atom. The van der Waals surface area contributed by atoms with Crippen molar-refractivity contribution in [3.05, 3.63) is 76.6 Å². The van der Waals surface area contributed by atoms with E-state index in [0.29, 0.717) is 106 Å². The third-order valence-corrected chi connectivity index (χ3v) is 12.1. The fraction of sp³-hybridized carbons (Fsp3) is 0.562. The van der Waals surface area contributed by atoms with Crippen molar-refractivity contribution in [2.45, 2.75) is 91.5 Å². The number of ether oxygens (including phenoxy) is 3. The SMILES string of the molecule is C/C(N)=C(/S)c1ccc(CNC=O)c(OCCOCCOCCN2CCN(/C(=C/C(=N)c3ccccc3O)C(=N)N)CC2)c1.CC(NC(=O)C1(F)CC1)C(C)(C)C.CC1CCCN1C=O.C[OH2+]. The van der Waals surface area contributed by atoms with Crippen LogP contribution in [-0.2, 0) is 30.4 Å². The van der Waals surface area contributed by atoms with Gasteiger partial charge in [-0.15, -0.1) is 12.6 Å². The first-order valence-electron chi connectivity index (χ1n) is 22.7. The van der Waals surface area contributed by atoms with E-state index >= 15 is 0 Å². The lowest BCUT2D eigenvalue weighted by Gasteiger charge is -2.37. The Hall–Kier alpha value is -5.21. The normalized spacial score (nSPS) is 17.4. The van der Waals surface area contributed by atoms with E-state index in [2.05, 4.69) is 35.1 Å². The number of allylic oxidation sites excluding steroid dienone is 2. The van der Waals surface area contributed by atoms with E-state index in [1.54, 1.807) is 31.2 Å². The molecule has 2 heterocycles. The smallest absolute Gasteiger partial charge is 0.257 e. The zero-order chi connectivity index (χ0) is 50.2. The molecule has 17 nitrogen and oxygen atoms in total. The highest BCUT2D eigenvalue weighted by Gasteiger charge is 2.51. The number of thiol groups is 1. The highest BCUT2D eigenvalue weighted by Crippen LogP contribution is 2.40. The number of aromatic hydroxyl groups is 1. The number of nitrogens with one attached hydrogen (secondary N) is 4. The number of amidine groups is 1. The molecule has 0 radical (unpaired) electrons. The van der Waals surface area contributed by atoms with E-state index in [1.165, 1.54) is 26.0 Å². The average Bonchev–Trinajstić information content (AvgIpc) is 3.93. The Bertz CT molecular complexity index is 1950. The average molecular weight is 959 g/mol. The lowest BCUT2D eigenvalue weighted by molar-refractivity contribution is -0.128. The Morgan fingerprint density at radius 3 is 2.16 bits per heavy atom. The van der Waals surface area contributed by atoms with Gasteiger partial charge in [0.1, 0.15) is 31.1 Å². The predicted octanol–water partition coefficient (Wildman–Crippen LogP) is 4.14. The number of amides is 3. The van der Waals surface area contributed by atoms with Crippen LogP contribution in [0, 0.1) is 16.2 Å². The van der Waals surface area contributed by atoms with Crippen LogP contribution >= 0.6 is 12.6 Å². The Kier molecular flexibility index (Phi) is 25.5. The van der Waals surface area contributed by atoms with Crippen molar-refractivity contribution in [2.75, 3.05) is 79.4 Å². The molecule has 19 heteroatoms. The van der Waals surface area contributed by atoms with E-state index in [1.807, 2.05) is 55.7 Å². The minimum Gasteiger partial charge on any atom is -0.507 e. The summed E-state index contributed by atoms with van der Waals surface area (Å²) < 4.78 is 30.6. The fourth-order valence-electron chi connectivity index (χ4n) is 6.55. The number of phenols is 1. The number of nitrogens with two attached hydrogens (primary N) is 2. The van der Waals surface area contributed by atoms with Crippen LogP contribution < -0.4 is 26.8 Å². The zero-order valence-electron chi connectivity index (χ0n) is 40.5. The molecular weight excluding hydrogens is 882 g/mol. The molecule has 2 atom stereocenters. The van der Waals surface area contributed by atoms with E-state index in [0.717, 1.165) is 43.7 Å². The fourth-order valence-corrected chi connectivity index (χ4v) is 6.69. The van der Waals surface area contributed by atoms with Gasteiger partial charge in [-0.05, 0) is 81.7 Å². The molecule has 0 spiro atoms. The van der Waals surface area contributed by atoms with Gasteiger partial charge in [0.2, 0.25) is 12.8 Å². The summed E-state index contributed by atoms with van der Waals surface area (Å²) in [6.45, 7) is 18.9. The molecule has 67 heavy (non-hydrogen) atoms. The van der Waals surface area contributed by atoms with Gasteiger partial charge in [-0.2, -0.15) is 0 Å². The molecule has 374 valence electrons. The number of likely N-dealkylation sites (tertiary alicyclic amines) is 1. The van der Waals surface area contributed by atoms with Gasteiger partial charge in [-0.25, -0.2) is 4.39 Å². The monoisotopic (exact) mass is 959 g/mol. The van der Waals surface area contributed by atoms with Gasteiger partial charge in [-0.3, -0.25) is 24.7 Å². The second kappa shape index (κ2) is 29.5. The van der Waals surface area contributed by atoms with Crippen molar-refractivity contribution in [3.63, 3.8) is 0 Å². The minimum atomic E-state index is -1.54. The zero-order valence-corrected chi connectivity index (χ0v) is 41.4. The van der Waals surface area contributed by atoms with E-state index in [4.69, 9.17) is 41.6 Å². The van der Waals surface area contributed by atoms with Gasteiger partial charge in [0.25, 0.3) is 5.91 Å². The molecule has 3 amide bonds.